The van der Waals surface area contributed by atoms with Crippen LogP contribution in [0.1, 0.15) is 63.8 Å². The van der Waals surface area contributed by atoms with E-state index in [1.807, 2.05) is 0 Å². The van der Waals surface area contributed by atoms with Gasteiger partial charge >= 0.3 is 12.1 Å². The van der Waals surface area contributed by atoms with Crippen LogP contribution >= 0.6 is 12.4 Å². The molecule has 19 nitrogen and oxygen atoms in total. The van der Waals surface area contributed by atoms with Gasteiger partial charge in [-0.05, 0) is 30.0 Å². The van der Waals surface area contributed by atoms with E-state index < -0.39 is 49.0 Å². The number of nitrogen functional groups attached to an aromatic ring is 1. The zero-order chi connectivity index (χ0) is 35.1. The van der Waals surface area contributed by atoms with Crippen LogP contribution in [0.25, 0.3) is 0 Å². The highest BCUT2D eigenvalue weighted by molar-refractivity contribution is 6.02. The van der Waals surface area contributed by atoms with Crippen LogP contribution in [0.2, 0.25) is 0 Å². The highest BCUT2D eigenvalue weighted by Crippen LogP contribution is 2.39. The molecular formula is C29H41ClN10O9. The SMILES string of the molecule is CC(=O)Oc1ccc(COC(=O)NC(=N)c2ncn(C3OC(CO)C(O)C3O)n2)cc1.CCC1OC(n2cnc(C(=N)N)n2)C(C)C1C.Cl. The fraction of sp³-hybridized carbons (Fsp3) is 0.517. The molecule has 0 aliphatic carbocycles. The first-order valence-electron chi connectivity index (χ1n) is 15.1. The van der Waals surface area contributed by atoms with E-state index in [9.17, 15) is 19.8 Å². The Morgan fingerprint density at radius 3 is 2.08 bits per heavy atom. The highest BCUT2D eigenvalue weighted by Gasteiger charge is 2.44. The summed E-state index contributed by atoms with van der Waals surface area (Å²) in [6.07, 6.45) is -1.77. The number of aliphatic hydroxyl groups is 3. The van der Waals surface area contributed by atoms with Crippen molar-refractivity contribution in [3.63, 3.8) is 0 Å². The van der Waals surface area contributed by atoms with Crippen molar-refractivity contribution in [2.45, 2.75) is 77.6 Å². The van der Waals surface area contributed by atoms with E-state index in [0.717, 1.165) is 17.4 Å². The molecule has 4 heterocycles. The van der Waals surface area contributed by atoms with Gasteiger partial charge in [-0.25, -0.2) is 24.1 Å². The van der Waals surface area contributed by atoms with Gasteiger partial charge in [0, 0.05) is 12.8 Å². The molecule has 8 unspecified atom stereocenters. The van der Waals surface area contributed by atoms with E-state index in [1.54, 1.807) is 35.3 Å². The molecule has 2 aliphatic rings. The number of aromatic nitrogens is 6. The van der Waals surface area contributed by atoms with Crippen LogP contribution in [0, 0.1) is 22.7 Å². The molecule has 20 heteroatoms. The number of aliphatic hydroxyl groups excluding tert-OH is 3. The molecule has 1 aromatic carbocycles. The fourth-order valence-electron chi connectivity index (χ4n) is 5.09. The van der Waals surface area contributed by atoms with Crippen molar-refractivity contribution in [2.24, 2.45) is 17.6 Å². The number of ether oxygens (including phenoxy) is 4. The van der Waals surface area contributed by atoms with Gasteiger partial charge in [0.2, 0.25) is 11.6 Å². The van der Waals surface area contributed by atoms with Gasteiger partial charge in [0.25, 0.3) is 0 Å². The summed E-state index contributed by atoms with van der Waals surface area (Å²) < 4.78 is 24.0. The van der Waals surface area contributed by atoms with Gasteiger partial charge < -0.3 is 40.0 Å². The number of carbonyl (C=O) groups is 2. The molecular weight excluding hydrogens is 668 g/mol. The number of halogens is 1. The Bertz CT molecular complexity index is 1590. The smallest absolute Gasteiger partial charge is 0.413 e. The van der Waals surface area contributed by atoms with Gasteiger partial charge in [0.15, 0.2) is 24.1 Å². The van der Waals surface area contributed by atoms with E-state index in [0.29, 0.717) is 23.1 Å². The maximum atomic E-state index is 11.9. The number of amides is 1. The van der Waals surface area contributed by atoms with Crippen molar-refractivity contribution in [1.82, 2.24) is 34.8 Å². The fourth-order valence-corrected chi connectivity index (χ4v) is 5.09. The quantitative estimate of drug-likeness (QED) is 0.0695. The number of nitrogens with zero attached hydrogens (tertiary/aromatic N) is 6. The second-order valence-corrected chi connectivity index (χ2v) is 11.2. The minimum Gasteiger partial charge on any atom is -0.444 e. The average Bonchev–Trinajstić information content (AvgIpc) is 3.85. The van der Waals surface area contributed by atoms with Gasteiger partial charge in [-0.3, -0.25) is 20.9 Å². The van der Waals surface area contributed by atoms with Gasteiger partial charge in [0.05, 0.1) is 12.7 Å². The number of rotatable bonds is 9. The maximum absolute atomic E-state index is 11.9. The first-order valence-corrected chi connectivity index (χ1v) is 15.1. The highest BCUT2D eigenvalue weighted by atomic mass is 35.5. The summed E-state index contributed by atoms with van der Waals surface area (Å²) in [7, 11) is 0. The summed E-state index contributed by atoms with van der Waals surface area (Å²) in [4.78, 5) is 30.7. The van der Waals surface area contributed by atoms with Gasteiger partial charge in [0.1, 0.15) is 43.3 Å². The van der Waals surface area contributed by atoms with Crippen molar-refractivity contribution in [1.29, 1.82) is 10.8 Å². The molecule has 49 heavy (non-hydrogen) atoms. The second kappa shape index (κ2) is 17.2. The Balaban J connectivity index is 0.000000305. The Morgan fingerprint density at radius 1 is 0.959 bits per heavy atom. The number of amidine groups is 2. The Kier molecular flexibility index (Phi) is 13.7. The molecule has 2 aromatic heterocycles. The molecule has 8 N–H and O–H groups in total. The number of nitrogens with two attached hydrogens (primary N) is 1. The minimum atomic E-state index is -1.36. The number of nitrogens with one attached hydrogen (secondary N) is 3. The van der Waals surface area contributed by atoms with Crippen molar-refractivity contribution < 1.29 is 43.9 Å². The molecule has 8 atom stereocenters. The zero-order valence-corrected chi connectivity index (χ0v) is 28.0. The van der Waals surface area contributed by atoms with E-state index in [2.05, 4.69) is 46.3 Å². The molecule has 1 amide bonds. The molecule has 268 valence electrons. The van der Waals surface area contributed by atoms with Crippen molar-refractivity contribution in [3.8, 4) is 5.75 Å². The van der Waals surface area contributed by atoms with Gasteiger partial charge in [-0.2, -0.15) is 0 Å². The Morgan fingerprint density at radius 2 is 1.55 bits per heavy atom. The number of carbonyl (C=O) groups excluding carboxylic acids is 2. The molecule has 5 rings (SSSR count). The van der Waals surface area contributed by atoms with E-state index in [1.165, 1.54) is 6.92 Å². The van der Waals surface area contributed by atoms with Crippen LogP contribution in [0.15, 0.2) is 36.9 Å². The molecule has 0 spiro atoms. The standard InChI is InChI=1S/C18H21N5O8.C11H19N5O.ClH/c1-9(25)30-11-4-2-10(3-5-11)7-29-18(28)21-15(19)16-20-8-23(22-16)17-14(27)13(26)12(6-24)31-17;1-4-8-6(2)7(3)11(17-8)16-5-14-10(15-16)9(12)13;/h2-5,8,12-14,17,24,26-27H,6-7H2,1H3,(H2,19,21,28);5-8,11H,4H2,1-3H3,(H3,12,13);1H. The topological polar surface area (TPSA) is 279 Å². The Hall–Kier alpha value is -4.53. The summed E-state index contributed by atoms with van der Waals surface area (Å²) in [6, 6.07) is 6.32. The third-order valence-electron chi connectivity index (χ3n) is 7.88. The molecule has 0 bridgehead atoms. The number of hydrogen-bond donors (Lipinski definition) is 7. The summed E-state index contributed by atoms with van der Waals surface area (Å²) in [5.74, 6) is 0.287. The van der Waals surface area contributed by atoms with E-state index >= 15 is 0 Å². The largest absolute Gasteiger partial charge is 0.444 e. The maximum Gasteiger partial charge on any atom is 0.413 e. The average molecular weight is 709 g/mol. The lowest BCUT2D eigenvalue weighted by molar-refractivity contribution is -0.131. The van der Waals surface area contributed by atoms with Crippen molar-refractivity contribution in [2.75, 3.05) is 6.61 Å². The number of hydrogen-bond acceptors (Lipinski definition) is 15. The van der Waals surface area contributed by atoms with Crippen molar-refractivity contribution >= 4 is 36.1 Å². The lowest BCUT2D eigenvalue weighted by Crippen LogP contribution is -2.33. The third-order valence-corrected chi connectivity index (χ3v) is 7.88. The molecule has 2 aliphatic heterocycles. The minimum absolute atomic E-state index is 0. The summed E-state index contributed by atoms with van der Waals surface area (Å²) in [5.41, 5.74) is 5.97. The molecule has 2 saturated heterocycles. The van der Waals surface area contributed by atoms with Crippen LogP contribution in [-0.2, 0) is 25.6 Å². The summed E-state index contributed by atoms with van der Waals surface area (Å²) in [5, 5.41) is 54.4. The lowest BCUT2D eigenvalue weighted by Gasteiger charge is -2.15. The summed E-state index contributed by atoms with van der Waals surface area (Å²) >= 11 is 0. The number of benzene rings is 1. The van der Waals surface area contributed by atoms with Crippen molar-refractivity contribution in [3.05, 3.63) is 54.1 Å². The molecule has 2 fully saturated rings. The van der Waals surface area contributed by atoms with Gasteiger partial charge in [-0.1, -0.05) is 32.9 Å². The lowest BCUT2D eigenvalue weighted by atomic mass is 9.92. The second-order valence-electron chi connectivity index (χ2n) is 11.2. The van der Waals surface area contributed by atoms with E-state index in [-0.39, 0.29) is 48.8 Å². The van der Waals surface area contributed by atoms with E-state index in [4.69, 9.17) is 40.6 Å². The van der Waals surface area contributed by atoms with Crippen LogP contribution in [0.5, 0.6) is 5.75 Å². The van der Waals surface area contributed by atoms with Gasteiger partial charge in [-0.15, -0.1) is 22.6 Å². The first kappa shape index (κ1) is 38.9. The van der Waals surface area contributed by atoms with Crippen LogP contribution < -0.4 is 15.8 Å². The number of alkyl carbamates (subject to hydrolysis) is 1. The first-order chi connectivity index (χ1) is 22.8. The predicted molar refractivity (Wildman–Crippen MR) is 172 cm³/mol. The monoisotopic (exact) mass is 708 g/mol. The van der Waals surface area contributed by atoms with Crippen LogP contribution in [0.3, 0.4) is 0 Å². The zero-order valence-electron chi connectivity index (χ0n) is 27.2. The molecule has 3 aromatic rings. The van der Waals surface area contributed by atoms with Crippen LogP contribution in [-0.4, -0.2) is 99.6 Å². The van der Waals surface area contributed by atoms with Crippen LogP contribution in [0.4, 0.5) is 4.79 Å². The molecule has 0 saturated carbocycles. The normalized spacial score (nSPS) is 25.8. The summed E-state index contributed by atoms with van der Waals surface area (Å²) in [6.45, 7) is 7.17. The Labute approximate surface area is 287 Å². The third kappa shape index (κ3) is 9.55. The number of esters is 1. The predicted octanol–water partition coefficient (Wildman–Crippen LogP) is 0.630. The molecule has 0 radical (unpaired) electrons.